The Morgan fingerprint density at radius 3 is 2.52 bits per heavy atom. The molecule has 0 radical (unpaired) electrons. The molecule has 1 aromatic carbocycles. The Labute approximate surface area is 132 Å². The van der Waals surface area contributed by atoms with Crippen molar-refractivity contribution in [2.24, 2.45) is 0 Å². The minimum absolute atomic E-state index is 0.154. The summed E-state index contributed by atoms with van der Waals surface area (Å²) < 4.78 is 4.99. The van der Waals surface area contributed by atoms with Crippen molar-refractivity contribution in [2.75, 3.05) is 13.1 Å². The number of fused-ring (bicyclic) bond motifs is 1. The zero-order valence-corrected chi connectivity index (χ0v) is 12.5. The fourth-order valence-electron chi connectivity index (χ4n) is 2.28. The number of carbonyl (C=O) groups is 2. The van der Waals surface area contributed by atoms with Crippen LogP contribution in [0.4, 0.5) is 0 Å². The monoisotopic (exact) mass is 311 g/mol. The van der Waals surface area contributed by atoms with Crippen molar-refractivity contribution < 1.29 is 14.0 Å². The molecule has 0 aliphatic heterocycles. The molecule has 2 aromatic heterocycles. The fourth-order valence-corrected chi connectivity index (χ4v) is 2.28. The van der Waals surface area contributed by atoms with Crippen molar-refractivity contribution >= 4 is 22.7 Å². The van der Waals surface area contributed by atoms with E-state index in [9.17, 15) is 9.59 Å². The average molecular weight is 311 g/mol. The molecule has 0 saturated carbocycles. The quantitative estimate of drug-likeness (QED) is 0.610. The van der Waals surface area contributed by atoms with Gasteiger partial charge in [-0.1, -0.05) is 18.2 Å². The molecule has 0 spiro atoms. The highest BCUT2D eigenvalue weighted by Gasteiger charge is 2.09. The Balaban J connectivity index is 1.42. The number of rotatable bonds is 6. The van der Waals surface area contributed by atoms with Crippen LogP contribution in [0.1, 0.15) is 27.5 Å². The Morgan fingerprint density at radius 2 is 1.78 bits per heavy atom. The van der Waals surface area contributed by atoms with E-state index < -0.39 is 0 Å². The molecule has 0 fully saturated rings. The van der Waals surface area contributed by atoms with Crippen molar-refractivity contribution in [1.29, 1.82) is 0 Å². The summed E-state index contributed by atoms with van der Waals surface area (Å²) in [6.07, 6.45) is 2.09. The van der Waals surface area contributed by atoms with E-state index in [2.05, 4.69) is 15.6 Å². The van der Waals surface area contributed by atoms with E-state index in [0.29, 0.717) is 25.2 Å². The second-order valence-corrected chi connectivity index (χ2v) is 5.11. The minimum atomic E-state index is -0.253. The van der Waals surface area contributed by atoms with Crippen LogP contribution in [-0.2, 0) is 0 Å². The van der Waals surface area contributed by atoms with Crippen LogP contribution in [0.15, 0.2) is 53.1 Å². The molecule has 0 unspecified atom stereocenters. The third kappa shape index (κ3) is 3.60. The largest absolute Gasteiger partial charge is 0.459 e. The van der Waals surface area contributed by atoms with Crippen molar-refractivity contribution in [2.45, 2.75) is 6.42 Å². The van der Waals surface area contributed by atoms with Gasteiger partial charge >= 0.3 is 0 Å². The molecule has 6 nitrogen and oxygen atoms in total. The summed E-state index contributed by atoms with van der Waals surface area (Å²) in [5.74, 6) is -0.123. The number of aromatic nitrogens is 1. The van der Waals surface area contributed by atoms with Gasteiger partial charge in [-0.15, -0.1) is 0 Å². The van der Waals surface area contributed by atoms with E-state index in [1.165, 1.54) is 6.26 Å². The molecular weight excluding hydrogens is 294 g/mol. The van der Waals surface area contributed by atoms with Gasteiger partial charge < -0.3 is 20.0 Å². The maximum absolute atomic E-state index is 12.1. The van der Waals surface area contributed by atoms with Crippen LogP contribution in [0.3, 0.4) is 0 Å². The molecule has 0 aliphatic rings. The normalized spacial score (nSPS) is 10.6. The van der Waals surface area contributed by atoms with Crippen LogP contribution in [-0.4, -0.2) is 29.9 Å². The Kier molecular flexibility index (Phi) is 4.42. The van der Waals surface area contributed by atoms with Gasteiger partial charge in [-0.3, -0.25) is 9.59 Å². The molecule has 2 heterocycles. The van der Waals surface area contributed by atoms with Crippen LogP contribution in [0.5, 0.6) is 0 Å². The number of hydrogen-bond donors (Lipinski definition) is 3. The molecule has 3 rings (SSSR count). The van der Waals surface area contributed by atoms with Crippen LogP contribution >= 0.6 is 0 Å². The third-order valence-electron chi connectivity index (χ3n) is 3.44. The highest BCUT2D eigenvalue weighted by molar-refractivity contribution is 5.98. The van der Waals surface area contributed by atoms with Crippen molar-refractivity contribution in [3.63, 3.8) is 0 Å². The number of amides is 2. The van der Waals surface area contributed by atoms with E-state index in [1.807, 2.05) is 30.3 Å². The lowest BCUT2D eigenvalue weighted by Crippen LogP contribution is -2.29. The molecule has 6 heteroatoms. The predicted octanol–water partition coefficient (Wildman–Crippen LogP) is 2.31. The second kappa shape index (κ2) is 6.83. The summed E-state index contributed by atoms with van der Waals surface area (Å²) in [5, 5.41) is 6.55. The first-order chi connectivity index (χ1) is 11.2. The number of furan rings is 1. The molecule has 0 atom stereocenters. The molecule has 0 aliphatic carbocycles. The van der Waals surface area contributed by atoms with Gasteiger partial charge in [0, 0.05) is 24.0 Å². The van der Waals surface area contributed by atoms with E-state index >= 15 is 0 Å². The number of benzene rings is 1. The van der Waals surface area contributed by atoms with Crippen LogP contribution < -0.4 is 10.6 Å². The summed E-state index contributed by atoms with van der Waals surface area (Å²) in [7, 11) is 0. The summed E-state index contributed by atoms with van der Waals surface area (Å²) in [5.41, 5.74) is 1.47. The van der Waals surface area contributed by atoms with Gasteiger partial charge in [0.1, 0.15) is 5.69 Å². The van der Waals surface area contributed by atoms with E-state index in [-0.39, 0.29) is 17.6 Å². The van der Waals surface area contributed by atoms with Gasteiger partial charge in [-0.25, -0.2) is 0 Å². The van der Waals surface area contributed by atoms with Gasteiger partial charge in [0.05, 0.1) is 6.26 Å². The van der Waals surface area contributed by atoms with Crippen LogP contribution in [0, 0.1) is 0 Å². The van der Waals surface area contributed by atoms with E-state index in [0.717, 1.165) is 10.9 Å². The number of nitrogens with one attached hydrogen (secondary N) is 3. The maximum atomic E-state index is 12.1. The minimum Gasteiger partial charge on any atom is -0.459 e. The lowest BCUT2D eigenvalue weighted by Gasteiger charge is -2.05. The van der Waals surface area contributed by atoms with Crippen molar-refractivity contribution in [3.8, 4) is 0 Å². The van der Waals surface area contributed by atoms with Gasteiger partial charge in [-0.2, -0.15) is 0 Å². The summed E-state index contributed by atoms with van der Waals surface area (Å²) >= 11 is 0. The smallest absolute Gasteiger partial charge is 0.286 e. The molecule has 23 heavy (non-hydrogen) atoms. The van der Waals surface area contributed by atoms with E-state index in [1.54, 1.807) is 12.1 Å². The highest BCUT2D eigenvalue weighted by Crippen LogP contribution is 2.14. The van der Waals surface area contributed by atoms with E-state index in [4.69, 9.17) is 4.42 Å². The van der Waals surface area contributed by atoms with Crippen molar-refractivity contribution in [3.05, 3.63) is 60.2 Å². The average Bonchev–Trinajstić information content (AvgIpc) is 3.23. The highest BCUT2D eigenvalue weighted by atomic mass is 16.3. The fraction of sp³-hybridized carbons (Fsp3) is 0.176. The van der Waals surface area contributed by atoms with Gasteiger partial charge in [0.2, 0.25) is 0 Å². The third-order valence-corrected chi connectivity index (χ3v) is 3.44. The first-order valence-electron chi connectivity index (χ1n) is 7.42. The summed E-state index contributed by atoms with van der Waals surface area (Å²) in [4.78, 5) is 26.8. The standard InChI is InChI=1S/C17H17N3O3/c21-16(14-11-12-5-1-2-6-13(12)20-14)18-8-4-9-19-17(22)15-7-3-10-23-15/h1-3,5-7,10-11,20H,4,8-9H2,(H,18,21)(H,19,22). The second-order valence-electron chi connectivity index (χ2n) is 5.11. The lowest BCUT2D eigenvalue weighted by atomic mass is 10.2. The Hall–Kier alpha value is -3.02. The maximum Gasteiger partial charge on any atom is 0.286 e. The lowest BCUT2D eigenvalue weighted by molar-refractivity contribution is 0.0925. The van der Waals surface area contributed by atoms with Crippen LogP contribution in [0.2, 0.25) is 0 Å². The predicted molar refractivity (Wildman–Crippen MR) is 86.3 cm³/mol. The zero-order valence-electron chi connectivity index (χ0n) is 12.5. The number of H-pyrrole nitrogens is 1. The molecule has 0 bridgehead atoms. The number of aromatic amines is 1. The number of carbonyl (C=O) groups excluding carboxylic acids is 2. The van der Waals surface area contributed by atoms with Gasteiger partial charge in [-0.05, 0) is 30.7 Å². The Bertz CT molecular complexity index is 772. The molecule has 0 saturated heterocycles. The van der Waals surface area contributed by atoms with Gasteiger partial charge in [0.15, 0.2) is 5.76 Å². The Morgan fingerprint density at radius 1 is 1.00 bits per heavy atom. The van der Waals surface area contributed by atoms with Crippen LogP contribution in [0.25, 0.3) is 10.9 Å². The molecular formula is C17H17N3O3. The molecule has 2 amide bonds. The number of hydrogen-bond acceptors (Lipinski definition) is 3. The van der Waals surface area contributed by atoms with Gasteiger partial charge in [0.25, 0.3) is 11.8 Å². The zero-order chi connectivity index (χ0) is 16.1. The van der Waals surface area contributed by atoms with Crippen molar-refractivity contribution in [1.82, 2.24) is 15.6 Å². The summed E-state index contributed by atoms with van der Waals surface area (Å²) in [6, 6.07) is 12.8. The SMILES string of the molecule is O=C(NCCCNC(=O)c1ccco1)c1cc2ccccc2[nH]1. The first kappa shape index (κ1) is 14.9. The summed E-state index contributed by atoms with van der Waals surface area (Å²) in [6.45, 7) is 0.944. The molecule has 118 valence electrons. The molecule has 3 aromatic rings. The first-order valence-corrected chi connectivity index (χ1v) is 7.42. The topological polar surface area (TPSA) is 87.1 Å². The molecule has 3 N–H and O–H groups in total. The number of para-hydroxylation sites is 1.